The molecular formula is C12H20BrN5O2S. The third-order valence-corrected chi connectivity index (χ3v) is 7.42. The Bertz CT molecular complexity index is 596. The van der Waals surface area contributed by atoms with Crippen LogP contribution in [0, 0.1) is 0 Å². The molecule has 1 spiro atoms. The van der Waals surface area contributed by atoms with E-state index in [1.807, 2.05) is 0 Å². The highest BCUT2D eigenvalue weighted by Crippen LogP contribution is 2.38. The zero-order chi connectivity index (χ0) is 15.1. The molecule has 1 saturated carbocycles. The minimum atomic E-state index is -3.60. The maximum Gasteiger partial charge on any atom is 0.263 e. The van der Waals surface area contributed by atoms with Crippen LogP contribution in [-0.2, 0) is 17.1 Å². The standard InChI is InChI=1S/C12H20BrN5O2S/c1-17-11(10(13)15-16-17)21(19,20)18-8-7-14-9-12(18)5-3-2-4-6-12/h14H,2-9H2,1H3. The van der Waals surface area contributed by atoms with Crippen molar-refractivity contribution < 1.29 is 8.42 Å². The van der Waals surface area contributed by atoms with Gasteiger partial charge in [-0.05, 0) is 28.8 Å². The molecule has 2 fully saturated rings. The van der Waals surface area contributed by atoms with Gasteiger partial charge in [-0.15, -0.1) is 5.10 Å². The fourth-order valence-electron chi connectivity index (χ4n) is 3.54. The molecule has 1 N–H and O–H groups in total. The maximum atomic E-state index is 13.1. The lowest BCUT2D eigenvalue weighted by Crippen LogP contribution is -2.63. The van der Waals surface area contributed by atoms with Gasteiger partial charge in [-0.3, -0.25) is 0 Å². The van der Waals surface area contributed by atoms with Gasteiger partial charge in [0.1, 0.15) is 0 Å². The summed E-state index contributed by atoms with van der Waals surface area (Å²) in [6.45, 7) is 1.92. The van der Waals surface area contributed by atoms with Crippen molar-refractivity contribution in [1.29, 1.82) is 0 Å². The summed E-state index contributed by atoms with van der Waals surface area (Å²) in [5.74, 6) is 0. The Balaban J connectivity index is 2.03. The fourth-order valence-corrected chi connectivity index (χ4v) is 6.40. The quantitative estimate of drug-likeness (QED) is 0.826. The van der Waals surface area contributed by atoms with Crippen molar-refractivity contribution in [2.45, 2.75) is 42.7 Å². The van der Waals surface area contributed by atoms with Gasteiger partial charge in [0.2, 0.25) is 5.03 Å². The first kappa shape index (κ1) is 15.4. The van der Waals surface area contributed by atoms with E-state index in [9.17, 15) is 8.42 Å². The molecule has 7 nitrogen and oxygen atoms in total. The van der Waals surface area contributed by atoms with Crippen molar-refractivity contribution in [2.24, 2.45) is 7.05 Å². The number of aryl methyl sites for hydroxylation is 1. The van der Waals surface area contributed by atoms with E-state index in [4.69, 9.17) is 0 Å². The van der Waals surface area contributed by atoms with E-state index in [1.54, 1.807) is 11.4 Å². The van der Waals surface area contributed by atoms with Crippen molar-refractivity contribution >= 4 is 26.0 Å². The molecule has 0 aromatic carbocycles. The monoisotopic (exact) mass is 377 g/mol. The molecule has 0 radical (unpaired) electrons. The molecule has 9 heteroatoms. The third-order valence-electron chi connectivity index (χ3n) is 4.53. The predicted molar refractivity (Wildman–Crippen MR) is 81.3 cm³/mol. The van der Waals surface area contributed by atoms with Crippen LogP contribution in [0.5, 0.6) is 0 Å². The van der Waals surface area contributed by atoms with Crippen molar-refractivity contribution in [3.8, 4) is 0 Å². The molecule has 0 unspecified atom stereocenters. The van der Waals surface area contributed by atoms with Gasteiger partial charge in [-0.25, -0.2) is 13.1 Å². The van der Waals surface area contributed by atoms with E-state index in [0.717, 1.165) is 32.2 Å². The molecule has 0 amide bonds. The highest BCUT2D eigenvalue weighted by atomic mass is 79.9. The topological polar surface area (TPSA) is 80.1 Å². The van der Waals surface area contributed by atoms with Crippen LogP contribution < -0.4 is 5.32 Å². The van der Waals surface area contributed by atoms with Gasteiger partial charge >= 0.3 is 0 Å². The minimum absolute atomic E-state index is 0.148. The summed E-state index contributed by atoms with van der Waals surface area (Å²) in [5, 5.41) is 11.1. The summed E-state index contributed by atoms with van der Waals surface area (Å²) in [5.41, 5.74) is -0.293. The van der Waals surface area contributed by atoms with E-state index >= 15 is 0 Å². The Morgan fingerprint density at radius 2 is 2.00 bits per heavy atom. The van der Waals surface area contributed by atoms with Gasteiger partial charge in [-0.1, -0.05) is 24.5 Å². The molecule has 2 aliphatic rings. The molecule has 1 aliphatic heterocycles. The van der Waals surface area contributed by atoms with Crippen LogP contribution in [-0.4, -0.2) is 52.9 Å². The lowest BCUT2D eigenvalue weighted by Gasteiger charge is -2.48. The Morgan fingerprint density at radius 1 is 1.29 bits per heavy atom. The highest BCUT2D eigenvalue weighted by molar-refractivity contribution is 9.10. The Kier molecular flexibility index (Phi) is 4.10. The Labute approximate surface area is 133 Å². The number of hydrogen-bond donors (Lipinski definition) is 1. The van der Waals surface area contributed by atoms with Gasteiger partial charge in [0.25, 0.3) is 10.0 Å². The molecule has 1 aromatic rings. The molecule has 0 atom stereocenters. The summed E-state index contributed by atoms with van der Waals surface area (Å²) >= 11 is 3.22. The van der Waals surface area contributed by atoms with Crippen LogP contribution in [0.15, 0.2) is 9.63 Å². The van der Waals surface area contributed by atoms with Crippen molar-refractivity contribution in [2.75, 3.05) is 19.6 Å². The van der Waals surface area contributed by atoms with Crippen molar-refractivity contribution in [3.63, 3.8) is 0 Å². The first-order chi connectivity index (χ1) is 9.97. The number of halogens is 1. The molecular weight excluding hydrogens is 358 g/mol. The third kappa shape index (κ3) is 2.54. The fraction of sp³-hybridized carbons (Fsp3) is 0.833. The molecule has 0 bridgehead atoms. The lowest BCUT2D eigenvalue weighted by atomic mass is 9.80. The van der Waals surface area contributed by atoms with Crippen LogP contribution in [0.25, 0.3) is 0 Å². The number of piperazine rings is 1. The summed E-state index contributed by atoms with van der Waals surface area (Å²) in [4.78, 5) is 0. The molecule has 118 valence electrons. The highest BCUT2D eigenvalue weighted by Gasteiger charge is 2.47. The van der Waals surface area contributed by atoms with Gasteiger partial charge in [0.05, 0.1) is 0 Å². The average Bonchev–Trinajstić information content (AvgIpc) is 2.80. The van der Waals surface area contributed by atoms with Crippen LogP contribution in [0.2, 0.25) is 0 Å². The van der Waals surface area contributed by atoms with E-state index in [1.165, 1.54) is 11.1 Å². The second-order valence-electron chi connectivity index (χ2n) is 5.85. The number of nitrogens with zero attached hydrogens (tertiary/aromatic N) is 4. The van der Waals surface area contributed by atoms with Crippen molar-refractivity contribution in [3.05, 3.63) is 4.60 Å². The van der Waals surface area contributed by atoms with Crippen LogP contribution >= 0.6 is 15.9 Å². The lowest BCUT2D eigenvalue weighted by molar-refractivity contribution is 0.100. The van der Waals surface area contributed by atoms with Gasteiger partial charge < -0.3 is 5.32 Å². The number of rotatable bonds is 2. The van der Waals surface area contributed by atoms with Gasteiger partial charge in [0, 0.05) is 32.2 Å². The molecule has 1 saturated heterocycles. The number of sulfonamides is 1. The molecule has 2 heterocycles. The number of nitrogens with one attached hydrogen (secondary N) is 1. The van der Waals surface area contributed by atoms with E-state index in [-0.39, 0.29) is 15.2 Å². The predicted octanol–water partition coefficient (Wildman–Crippen LogP) is 0.874. The smallest absolute Gasteiger partial charge is 0.263 e. The average molecular weight is 378 g/mol. The SMILES string of the molecule is Cn1nnc(Br)c1S(=O)(=O)N1CCNCC12CCCCC2. The first-order valence-corrected chi connectivity index (χ1v) is 9.49. The number of hydrogen-bond acceptors (Lipinski definition) is 5. The summed E-state index contributed by atoms with van der Waals surface area (Å²) in [6, 6.07) is 0. The molecule has 3 rings (SSSR count). The zero-order valence-electron chi connectivity index (χ0n) is 12.0. The normalized spacial score (nSPS) is 23.5. The number of aromatic nitrogens is 3. The van der Waals surface area contributed by atoms with Crippen LogP contribution in [0.4, 0.5) is 0 Å². The molecule has 21 heavy (non-hydrogen) atoms. The van der Waals surface area contributed by atoms with E-state index in [0.29, 0.717) is 13.1 Å². The van der Waals surface area contributed by atoms with Crippen LogP contribution in [0.1, 0.15) is 32.1 Å². The molecule has 1 aromatic heterocycles. The Hall–Kier alpha value is -0.510. The Morgan fingerprint density at radius 3 is 2.62 bits per heavy atom. The van der Waals surface area contributed by atoms with E-state index < -0.39 is 10.0 Å². The molecule has 1 aliphatic carbocycles. The maximum absolute atomic E-state index is 13.1. The van der Waals surface area contributed by atoms with E-state index in [2.05, 4.69) is 31.6 Å². The second-order valence-corrected chi connectivity index (χ2v) is 8.38. The summed E-state index contributed by atoms with van der Waals surface area (Å²) < 4.78 is 29.6. The zero-order valence-corrected chi connectivity index (χ0v) is 14.5. The van der Waals surface area contributed by atoms with Crippen molar-refractivity contribution in [1.82, 2.24) is 24.6 Å². The van der Waals surface area contributed by atoms with Gasteiger partial charge in [0.15, 0.2) is 4.60 Å². The second kappa shape index (κ2) is 5.60. The first-order valence-electron chi connectivity index (χ1n) is 7.26. The minimum Gasteiger partial charge on any atom is -0.314 e. The van der Waals surface area contributed by atoms with Gasteiger partial charge in [-0.2, -0.15) is 4.31 Å². The summed E-state index contributed by atoms with van der Waals surface area (Å²) in [7, 11) is -1.99. The largest absolute Gasteiger partial charge is 0.314 e. The van der Waals surface area contributed by atoms with Crippen LogP contribution in [0.3, 0.4) is 0 Å². The summed E-state index contributed by atoms with van der Waals surface area (Å²) in [6.07, 6.45) is 5.19.